The Labute approximate surface area is 356 Å². The maximum atomic E-state index is 12.1. The predicted molar refractivity (Wildman–Crippen MR) is 237 cm³/mol. The van der Waals surface area contributed by atoms with E-state index in [4.69, 9.17) is 9.97 Å². The molecule has 0 aliphatic rings. The SMILES string of the molecule is Cc1cccc(C)c1-c1ccc(-c2[c-]c(-c3nccc4c3sc3ccccc34)cc(C(C)(C)C)c2)c2nc(-c3cc(C(C)(C)C)cc(C(C)(C)C)c3O)[se]c12.[Pt]. The van der Waals surface area contributed by atoms with Crippen LogP contribution in [0.5, 0.6) is 5.75 Å². The van der Waals surface area contributed by atoms with Crippen LogP contribution >= 0.6 is 11.3 Å². The van der Waals surface area contributed by atoms with Crippen molar-refractivity contribution >= 4 is 55.8 Å². The predicted octanol–water partition coefficient (Wildman–Crippen LogP) is 13.7. The summed E-state index contributed by atoms with van der Waals surface area (Å²) >= 11 is 1.63. The van der Waals surface area contributed by atoms with Gasteiger partial charge in [-0.2, -0.15) is 0 Å². The third-order valence-electron chi connectivity index (χ3n) is 10.9. The Balaban J connectivity index is 0.00000480. The molecule has 0 spiro atoms. The van der Waals surface area contributed by atoms with Crippen molar-refractivity contribution in [2.24, 2.45) is 0 Å². The fraction of sp³-hybridized carbons (Fsp3) is 0.280. The van der Waals surface area contributed by atoms with Gasteiger partial charge in [0.25, 0.3) is 0 Å². The van der Waals surface area contributed by atoms with Crippen LogP contribution in [0, 0.1) is 19.9 Å². The summed E-state index contributed by atoms with van der Waals surface area (Å²) in [7, 11) is 0. The van der Waals surface area contributed by atoms with Crippen LogP contribution in [0.1, 0.15) is 90.1 Å². The first-order chi connectivity index (χ1) is 25.9. The zero-order chi connectivity index (χ0) is 39.2. The first-order valence-electron chi connectivity index (χ1n) is 19.1. The summed E-state index contributed by atoms with van der Waals surface area (Å²) in [6.45, 7) is 24.5. The average molecular weight is 1000 g/mol. The number of thiophene rings is 1. The smallest absolute Gasteiger partial charge is 0 e. The first kappa shape index (κ1) is 40.3. The van der Waals surface area contributed by atoms with Crippen LogP contribution in [0.2, 0.25) is 0 Å². The third kappa shape index (κ3) is 7.15. The number of aromatic hydroxyl groups is 1. The molecule has 0 aliphatic heterocycles. The van der Waals surface area contributed by atoms with Gasteiger partial charge in [-0.1, -0.05) is 0 Å². The van der Waals surface area contributed by atoms with Gasteiger partial charge in [0.1, 0.15) is 0 Å². The van der Waals surface area contributed by atoms with E-state index in [0.29, 0.717) is 5.75 Å². The van der Waals surface area contributed by atoms with E-state index in [1.54, 1.807) is 11.3 Å². The van der Waals surface area contributed by atoms with E-state index in [1.807, 2.05) is 6.20 Å². The molecule has 1 N–H and O–H groups in total. The second kappa shape index (κ2) is 14.5. The number of aromatic nitrogens is 2. The van der Waals surface area contributed by atoms with Crippen molar-refractivity contribution in [2.45, 2.75) is 92.4 Å². The molecule has 0 aliphatic carbocycles. The topological polar surface area (TPSA) is 46.0 Å². The molecule has 56 heavy (non-hydrogen) atoms. The van der Waals surface area contributed by atoms with E-state index in [-0.39, 0.29) is 51.8 Å². The number of hydrogen-bond acceptors (Lipinski definition) is 4. The molecule has 5 aromatic carbocycles. The van der Waals surface area contributed by atoms with Crippen molar-refractivity contribution in [3.8, 4) is 49.4 Å². The molecular formula is C50H49N2OPtSSe-. The maximum absolute atomic E-state index is 12.1. The van der Waals surface area contributed by atoms with Gasteiger partial charge in [0, 0.05) is 21.1 Å². The Morgan fingerprint density at radius 3 is 1.98 bits per heavy atom. The number of benzene rings is 5. The van der Waals surface area contributed by atoms with Crippen LogP contribution in [0.3, 0.4) is 0 Å². The summed E-state index contributed by atoms with van der Waals surface area (Å²) in [6, 6.07) is 34.7. The molecule has 0 unspecified atom stereocenters. The van der Waals surface area contributed by atoms with Crippen LogP contribution in [0.25, 0.3) is 73.6 Å². The number of nitrogens with zero attached hydrogens (tertiary/aromatic N) is 2. The third-order valence-corrected chi connectivity index (χ3v) is 14.4. The Bertz CT molecular complexity index is 2790. The molecule has 288 valence electrons. The molecule has 8 rings (SSSR count). The number of rotatable bonds is 4. The Hall–Kier alpha value is -3.85. The van der Waals surface area contributed by atoms with Gasteiger partial charge < -0.3 is 0 Å². The van der Waals surface area contributed by atoms with Crippen LogP contribution in [-0.2, 0) is 37.3 Å². The molecule has 6 heteroatoms. The minimum absolute atomic E-state index is 0. The van der Waals surface area contributed by atoms with Gasteiger partial charge in [0.15, 0.2) is 0 Å². The summed E-state index contributed by atoms with van der Waals surface area (Å²) < 4.78 is 4.65. The van der Waals surface area contributed by atoms with Crippen molar-refractivity contribution < 1.29 is 26.2 Å². The number of phenols is 1. The quantitative estimate of drug-likeness (QED) is 0.141. The van der Waals surface area contributed by atoms with E-state index in [9.17, 15) is 5.11 Å². The molecule has 0 saturated carbocycles. The Morgan fingerprint density at radius 1 is 0.661 bits per heavy atom. The standard InChI is InChI=1S/C50H49N2OSSe.Pt/c1-28-15-14-16-29(2)41(28)37-20-19-34(43-46(37)55-47(52-43)38-26-33(49(6,7)8)27-39(44(38)53)50(9,10)11)30-23-31(25-32(24-30)48(3,4)5)42-45-36(21-22-51-42)35-17-12-13-18-40(35)54-45;/h12-22,24-27,53H,1-11H3;/q-1;. The van der Waals surface area contributed by atoms with E-state index >= 15 is 0 Å². The number of phenolic OH excluding ortho intramolecular Hbond substituents is 1. The molecule has 3 heterocycles. The van der Waals surface area contributed by atoms with Crippen molar-refractivity contribution in [1.82, 2.24) is 9.97 Å². The van der Waals surface area contributed by atoms with Crippen molar-refractivity contribution in [3.05, 3.63) is 125 Å². The Morgan fingerprint density at radius 2 is 1.30 bits per heavy atom. The molecule has 0 atom stereocenters. The van der Waals surface area contributed by atoms with Crippen LogP contribution < -0.4 is 0 Å². The molecule has 3 aromatic heterocycles. The first-order valence-corrected chi connectivity index (χ1v) is 21.7. The summed E-state index contributed by atoms with van der Waals surface area (Å²) in [5, 5.41) is 14.5. The van der Waals surface area contributed by atoms with Crippen molar-refractivity contribution in [3.63, 3.8) is 0 Å². The van der Waals surface area contributed by atoms with Crippen molar-refractivity contribution in [1.29, 1.82) is 0 Å². The van der Waals surface area contributed by atoms with Gasteiger partial charge in [-0.25, -0.2) is 0 Å². The Kier molecular flexibility index (Phi) is 10.5. The van der Waals surface area contributed by atoms with Crippen LogP contribution in [-0.4, -0.2) is 29.6 Å². The second-order valence-electron chi connectivity index (χ2n) is 18.1. The van der Waals surface area contributed by atoms with E-state index in [1.165, 1.54) is 57.8 Å². The van der Waals surface area contributed by atoms with E-state index in [0.717, 1.165) is 43.6 Å². The molecule has 0 radical (unpaired) electrons. The van der Waals surface area contributed by atoms with Gasteiger partial charge >= 0.3 is 338 Å². The molecule has 0 amide bonds. The molecule has 8 aromatic rings. The van der Waals surface area contributed by atoms with E-state index < -0.39 is 0 Å². The van der Waals surface area contributed by atoms with Crippen LogP contribution in [0.15, 0.2) is 91.1 Å². The minimum Gasteiger partial charge on any atom is 0 e. The summed E-state index contributed by atoms with van der Waals surface area (Å²) in [5.74, 6) is 0.343. The summed E-state index contributed by atoms with van der Waals surface area (Å²) in [6.07, 6.45) is 1.94. The average Bonchev–Trinajstić information content (AvgIpc) is 3.73. The van der Waals surface area contributed by atoms with Gasteiger partial charge in [0.05, 0.1) is 0 Å². The van der Waals surface area contributed by atoms with Crippen LogP contribution in [0.4, 0.5) is 0 Å². The monoisotopic (exact) mass is 1000 g/mol. The summed E-state index contributed by atoms with van der Waals surface area (Å²) in [5.41, 5.74) is 13.8. The van der Waals surface area contributed by atoms with Gasteiger partial charge in [-0.15, -0.1) is 0 Å². The zero-order valence-electron chi connectivity index (χ0n) is 34.1. The minimum atomic E-state index is -0.238. The fourth-order valence-electron chi connectivity index (χ4n) is 7.70. The number of fused-ring (bicyclic) bond motifs is 4. The fourth-order valence-corrected chi connectivity index (χ4v) is 11.3. The molecule has 0 bridgehead atoms. The number of aryl methyl sites for hydroxylation is 2. The normalized spacial score (nSPS) is 12.5. The largest absolute Gasteiger partial charge is 0 e. The summed E-state index contributed by atoms with van der Waals surface area (Å²) in [4.78, 5) is 10.6. The van der Waals surface area contributed by atoms with Gasteiger partial charge in [0.2, 0.25) is 0 Å². The van der Waals surface area contributed by atoms with Crippen molar-refractivity contribution in [2.75, 3.05) is 0 Å². The molecular weight excluding hydrogens is 951 g/mol. The van der Waals surface area contributed by atoms with Gasteiger partial charge in [-0.05, 0) is 0 Å². The molecule has 0 saturated heterocycles. The number of pyridine rings is 1. The molecule has 3 nitrogen and oxygen atoms in total. The number of hydrogen-bond donors (Lipinski definition) is 1. The second-order valence-corrected chi connectivity index (χ2v) is 21.3. The zero-order valence-corrected chi connectivity index (χ0v) is 38.9. The van der Waals surface area contributed by atoms with E-state index in [2.05, 4.69) is 167 Å². The molecule has 0 fully saturated rings. The maximum Gasteiger partial charge on any atom is 0 e. The van der Waals surface area contributed by atoms with Gasteiger partial charge in [-0.3, -0.25) is 0 Å².